The molecule has 5 N–H and O–H groups in total. The Kier molecular flexibility index (Phi) is 16.0. The Morgan fingerprint density at radius 1 is 0.500 bits per heavy atom. The number of hydrogen-bond donors (Lipinski definition) is 3. The van der Waals surface area contributed by atoms with Gasteiger partial charge < -0.3 is 16.8 Å². The molecular weight excluding hydrogens is 562 g/mol. The summed E-state index contributed by atoms with van der Waals surface area (Å²) in [5.41, 5.74) is 18.5. The minimum atomic E-state index is 0.246. The van der Waals surface area contributed by atoms with Crippen LogP contribution in [0.15, 0.2) is 131 Å². The highest BCUT2D eigenvalue weighted by Crippen LogP contribution is 2.35. The molecule has 0 amide bonds. The molecule has 46 heavy (non-hydrogen) atoms. The minimum absolute atomic E-state index is 0.246. The highest BCUT2D eigenvalue weighted by Gasteiger charge is 2.24. The van der Waals surface area contributed by atoms with Crippen molar-refractivity contribution in [3.63, 3.8) is 0 Å². The third-order valence-corrected chi connectivity index (χ3v) is 8.43. The van der Waals surface area contributed by atoms with E-state index in [1.807, 2.05) is 6.07 Å². The molecule has 0 saturated carbocycles. The molecule has 0 saturated heterocycles. The van der Waals surface area contributed by atoms with Crippen LogP contribution in [0.2, 0.25) is 0 Å². The lowest BCUT2D eigenvalue weighted by Gasteiger charge is -2.29. The van der Waals surface area contributed by atoms with Gasteiger partial charge in [0.25, 0.3) is 0 Å². The summed E-state index contributed by atoms with van der Waals surface area (Å²) in [5.74, 6) is 0.396. The zero-order valence-corrected chi connectivity index (χ0v) is 27.4. The van der Waals surface area contributed by atoms with E-state index in [4.69, 9.17) is 21.5 Å². The molecule has 0 aliphatic carbocycles. The lowest BCUT2D eigenvalue weighted by atomic mass is 9.83. The summed E-state index contributed by atoms with van der Waals surface area (Å²) in [4.78, 5) is 10.3. The summed E-state index contributed by atoms with van der Waals surface area (Å²) in [5, 5.41) is 3.98. The van der Waals surface area contributed by atoms with Crippen LogP contribution in [0.25, 0.3) is 0 Å². The van der Waals surface area contributed by atoms with Crippen molar-refractivity contribution >= 4 is 11.4 Å². The molecule has 0 radical (unpaired) electrons. The summed E-state index contributed by atoms with van der Waals surface area (Å²) in [6, 6.07) is 43.1. The van der Waals surface area contributed by atoms with Crippen molar-refractivity contribution in [1.29, 1.82) is 0 Å². The maximum atomic E-state index is 5.81. The van der Waals surface area contributed by atoms with Gasteiger partial charge in [0.05, 0.1) is 11.4 Å². The number of nitrogens with two attached hydrogens (primary N) is 2. The van der Waals surface area contributed by atoms with Crippen LogP contribution in [0.4, 0.5) is 0 Å². The van der Waals surface area contributed by atoms with Crippen LogP contribution in [0.1, 0.15) is 85.6 Å². The first-order valence-electron chi connectivity index (χ1n) is 17.3. The third-order valence-electron chi connectivity index (χ3n) is 8.43. The number of nitrogens with zero attached hydrogens (tertiary/aromatic N) is 2. The summed E-state index contributed by atoms with van der Waals surface area (Å²) in [6.45, 7) is 3.87. The first kappa shape index (κ1) is 35.0. The van der Waals surface area contributed by atoms with Crippen molar-refractivity contribution in [2.75, 3.05) is 32.7 Å². The van der Waals surface area contributed by atoms with E-state index in [1.165, 1.54) is 24.0 Å². The second kappa shape index (κ2) is 21.0. The van der Waals surface area contributed by atoms with E-state index < -0.39 is 0 Å². The second-order valence-electron chi connectivity index (χ2n) is 11.9. The second-order valence-corrected chi connectivity index (χ2v) is 11.9. The van der Waals surface area contributed by atoms with Crippen molar-refractivity contribution < 1.29 is 0 Å². The predicted molar refractivity (Wildman–Crippen MR) is 197 cm³/mol. The van der Waals surface area contributed by atoms with Crippen LogP contribution in [-0.2, 0) is 0 Å². The monoisotopic (exact) mass is 615 g/mol. The summed E-state index contributed by atoms with van der Waals surface area (Å²) < 4.78 is 0. The number of benzene rings is 4. The zero-order valence-electron chi connectivity index (χ0n) is 27.4. The number of nitrogens with one attached hydrogen (secondary N) is 1. The Hall–Kier alpha value is -3.90. The Morgan fingerprint density at radius 3 is 1.48 bits per heavy atom. The largest absolute Gasteiger partial charge is 0.330 e. The lowest BCUT2D eigenvalue weighted by molar-refractivity contribution is 0.407. The fourth-order valence-electron chi connectivity index (χ4n) is 5.99. The molecule has 0 aromatic heterocycles. The average molecular weight is 616 g/mol. The topological polar surface area (TPSA) is 88.8 Å². The van der Waals surface area contributed by atoms with E-state index in [-0.39, 0.29) is 6.04 Å². The van der Waals surface area contributed by atoms with Gasteiger partial charge in [-0.05, 0) is 69.3 Å². The maximum Gasteiger partial charge on any atom is 0.0904 e. The minimum Gasteiger partial charge on any atom is -0.330 e. The summed E-state index contributed by atoms with van der Waals surface area (Å²) in [7, 11) is 0. The fraction of sp³-hybridized carbons (Fsp3) is 0.366. The van der Waals surface area contributed by atoms with E-state index in [9.17, 15) is 0 Å². The van der Waals surface area contributed by atoms with Crippen LogP contribution in [0.3, 0.4) is 0 Å². The highest BCUT2D eigenvalue weighted by atomic mass is 14.9. The number of hydrogen-bond acceptors (Lipinski definition) is 5. The average Bonchev–Trinajstić information content (AvgIpc) is 3.12. The molecule has 0 spiro atoms. The fourth-order valence-corrected chi connectivity index (χ4v) is 5.99. The van der Waals surface area contributed by atoms with Gasteiger partial charge in [-0.1, -0.05) is 134 Å². The Morgan fingerprint density at radius 2 is 0.957 bits per heavy atom. The van der Waals surface area contributed by atoms with Crippen molar-refractivity contribution in [2.45, 2.75) is 63.3 Å². The molecule has 0 aliphatic heterocycles. The molecule has 0 fully saturated rings. The molecule has 0 heterocycles. The smallest absolute Gasteiger partial charge is 0.0904 e. The van der Waals surface area contributed by atoms with E-state index in [1.54, 1.807) is 0 Å². The van der Waals surface area contributed by atoms with Crippen molar-refractivity contribution in [3.8, 4) is 0 Å². The number of unbranched alkanes of at least 4 members (excludes halogenated alkanes) is 4. The molecule has 5 nitrogen and oxygen atoms in total. The van der Waals surface area contributed by atoms with Gasteiger partial charge in [-0.25, -0.2) is 0 Å². The highest BCUT2D eigenvalue weighted by molar-refractivity contribution is 6.53. The molecule has 4 rings (SSSR count). The van der Waals surface area contributed by atoms with Crippen molar-refractivity contribution in [1.82, 2.24) is 5.32 Å². The van der Waals surface area contributed by atoms with Gasteiger partial charge in [-0.3, -0.25) is 9.98 Å². The molecule has 4 aromatic carbocycles. The van der Waals surface area contributed by atoms with Gasteiger partial charge in [0.1, 0.15) is 0 Å². The quantitative estimate of drug-likeness (QED) is 0.0653. The SMILES string of the molecule is NCCCCCC(c1ccccc1)C(NCCCCN=C(C(=NCCCCN)c1ccccc1)c1ccccc1)c1ccccc1. The van der Waals surface area contributed by atoms with Gasteiger partial charge in [0, 0.05) is 36.2 Å². The van der Waals surface area contributed by atoms with Gasteiger partial charge in [-0.2, -0.15) is 0 Å². The van der Waals surface area contributed by atoms with Crippen LogP contribution in [-0.4, -0.2) is 44.1 Å². The molecule has 2 atom stereocenters. The lowest BCUT2D eigenvalue weighted by Crippen LogP contribution is -2.28. The first-order chi connectivity index (χ1) is 22.8. The van der Waals surface area contributed by atoms with E-state index >= 15 is 0 Å². The molecule has 0 bridgehead atoms. The standard InChI is InChI=1S/C41H53N5/c42-29-15-5-14-28-38(34-20-6-1-7-21-34)39(35-22-8-2-9-23-35)44-32-18-19-33-46-41(37-26-12-4-13-27-37)40(45-31-17-16-30-43)36-24-10-3-11-25-36/h1-4,6-13,20-27,38-39,44H,5,14-19,28-33,42-43H2. The summed E-state index contributed by atoms with van der Waals surface area (Å²) >= 11 is 0. The van der Waals surface area contributed by atoms with Gasteiger partial charge in [-0.15, -0.1) is 0 Å². The van der Waals surface area contributed by atoms with Crippen molar-refractivity contribution in [3.05, 3.63) is 144 Å². The third kappa shape index (κ3) is 11.5. The molecule has 242 valence electrons. The van der Waals surface area contributed by atoms with Gasteiger partial charge in [0.15, 0.2) is 0 Å². The zero-order chi connectivity index (χ0) is 32.1. The molecule has 2 unspecified atom stereocenters. The molecule has 0 aliphatic rings. The first-order valence-corrected chi connectivity index (χ1v) is 17.3. The molecule has 5 heteroatoms. The summed E-state index contributed by atoms with van der Waals surface area (Å²) in [6.07, 6.45) is 8.54. The van der Waals surface area contributed by atoms with Crippen LogP contribution in [0, 0.1) is 0 Å². The normalized spacial score (nSPS) is 13.4. The van der Waals surface area contributed by atoms with Crippen LogP contribution < -0.4 is 16.8 Å². The maximum absolute atomic E-state index is 5.81. The van der Waals surface area contributed by atoms with E-state index in [2.05, 4.69) is 121 Å². The van der Waals surface area contributed by atoms with Gasteiger partial charge >= 0.3 is 0 Å². The number of rotatable bonds is 21. The van der Waals surface area contributed by atoms with E-state index in [0.29, 0.717) is 12.5 Å². The van der Waals surface area contributed by atoms with Crippen LogP contribution >= 0.6 is 0 Å². The van der Waals surface area contributed by atoms with E-state index in [0.717, 1.165) is 87.3 Å². The Balaban J connectivity index is 1.47. The number of aliphatic imine (C=N–C) groups is 2. The molecule has 4 aromatic rings. The van der Waals surface area contributed by atoms with Gasteiger partial charge in [0.2, 0.25) is 0 Å². The predicted octanol–water partition coefficient (Wildman–Crippen LogP) is 8.12. The Bertz CT molecular complexity index is 1400. The van der Waals surface area contributed by atoms with Crippen molar-refractivity contribution in [2.24, 2.45) is 21.5 Å². The Labute approximate surface area is 277 Å². The van der Waals surface area contributed by atoms with Crippen LogP contribution in [0.5, 0.6) is 0 Å². The molecular formula is C41H53N5.